The van der Waals surface area contributed by atoms with Gasteiger partial charge in [0.2, 0.25) is 0 Å². The van der Waals surface area contributed by atoms with E-state index in [1.807, 2.05) is 49.4 Å². The molecule has 2 amide bonds. The van der Waals surface area contributed by atoms with Crippen molar-refractivity contribution in [3.05, 3.63) is 54.1 Å². The molecule has 1 unspecified atom stereocenters. The summed E-state index contributed by atoms with van der Waals surface area (Å²) in [6.45, 7) is 4.58. The number of ether oxygens (including phenoxy) is 1. The van der Waals surface area contributed by atoms with Crippen LogP contribution in [0, 0.1) is 12.8 Å². The van der Waals surface area contributed by atoms with Crippen LogP contribution in [0.3, 0.4) is 0 Å². The maximum absolute atomic E-state index is 12.1. The van der Waals surface area contributed by atoms with E-state index < -0.39 is 0 Å². The van der Waals surface area contributed by atoms with Crippen molar-refractivity contribution in [1.29, 1.82) is 0 Å². The van der Waals surface area contributed by atoms with Gasteiger partial charge in [0.05, 0.1) is 12.8 Å². The number of benzene rings is 2. The fourth-order valence-corrected chi connectivity index (χ4v) is 3.24. The van der Waals surface area contributed by atoms with E-state index in [4.69, 9.17) is 4.74 Å². The molecule has 1 aliphatic rings. The van der Waals surface area contributed by atoms with Crippen molar-refractivity contribution in [2.24, 2.45) is 5.92 Å². The lowest BCUT2D eigenvalue weighted by Crippen LogP contribution is -2.34. The summed E-state index contributed by atoms with van der Waals surface area (Å²) in [6.07, 6.45) is 1.06. The number of carbonyl (C=O) groups excluding carboxylic acids is 1. The van der Waals surface area contributed by atoms with Gasteiger partial charge in [0.1, 0.15) is 5.75 Å². The van der Waals surface area contributed by atoms with Crippen molar-refractivity contribution < 1.29 is 9.53 Å². The van der Waals surface area contributed by atoms with E-state index >= 15 is 0 Å². The van der Waals surface area contributed by atoms with Gasteiger partial charge in [-0.1, -0.05) is 24.3 Å². The van der Waals surface area contributed by atoms with Crippen LogP contribution in [0.1, 0.15) is 12.0 Å². The van der Waals surface area contributed by atoms with E-state index in [1.165, 1.54) is 0 Å². The van der Waals surface area contributed by atoms with Crippen molar-refractivity contribution in [3.63, 3.8) is 0 Å². The minimum atomic E-state index is -0.152. The zero-order valence-electron chi connectivity index (χ0n) is 14.8. The van der Waals surface area contributed by atoms with Crippen LogP contribution in [0.25, 0.3) is 0 Å². The average molecular weight is 339 g/mol. The number of carbonyl (C=O) groups is 1. The summed E-state index contributed by atoms with van der Waals surface area (Å²) in [5.74, 6) is 1.33. The maximum atomic E-state index is 12.1. The molecule has 2 N–H and O–H groups in total. The molecule has 3 rings (SSSR count). The van der Waals surface area contributed by atoms with E-state index in [2.05, 4.69) is 21.6 Å². The van der Waals surface area contributed by atoms with Gasteiger partial charge < -0.3 is 20.3 Å². The molecule has 0 aromatic heterocycles. The Balaban J connectivity index is 1.49. The molecule has 1 fully saturated rings. The number of amides is 2. The number of para-hydroxylation sites is 2. The molecule has 1 saturated heterocycles. The highest BCUT2D eigenvalue weighted by atomic mass is 16.5. The molecule has 0 saturated carbocycles. The predicted molar refractivity (Wildman–Crippen MR) is 102 cm³/mol. The molecule has 5 heteroatoms. The van der Waals surface area contributed by atoms with Gasteiger partial charge >= 0.3 is 6.03 Å². The topological polar surface area (TPSA) is 53.6 Å². The van der Waals surface area contributed by atoms with Crippen LogP contribution >= 0.6 is 0 Å². The van der Waals surface area contributed by atoms with E-state index in [-0.39, 0.29) is 6.03 Å². The minimum Gasteiger partial charge on any atom is -0.495 e. The molecule has 25 heavy (non-hydrogen) atoms. The maximum Gasteiger partial charge on any atom is 0.319 e. The fraction of sp³-hybridized carbons (Fsp3) is 0.350. The second kappa shape index (κ2) is 7.92. The second-order valence-corrected chi connectivity index (χ2v) is 6.48. The Labute approximate surface area is 149 Å². The molecule has 0 radical (unpaired) electrons. The van der Waals surface area contributed by atoms with Crippen molar-refractivity contribution in [2.75, 3.05) is 37.0 Å². The molecule has 1 atom stereocenters. The first kappa shape index (κ1) is 17.1. The molecule has 1 aliphatic heterocycles. The summed E-state index contributed by atoms with van der Waals surface area (Å²) in [4.78, 5) is 14.4. The Bertz CT molecular complexity index is 732. The summed E-state index contributed by atoms with van der Waals surface area (Å²) in [5, 5.41) is 5.87. The van der Waals surface area contributed by atoms with Crippen molar-refractivity contribution in [1.82, 2.24) is 5.32 Å². The molecular weight excluding hydrogens is 314 g/mol. The Morgan fingerprint density at radius 2 is 2.08 bits per heavy atom. The third-order valence-electron chi connectivity index (χ3n) is 4.54. The first-order valence-corrected chi connectivity index (χ1v) is 8.65. The number of hydrogen-bond donors (Lipinski definition) is 2. The Morgan fingerprint density at radius 3 is 2.88 bits per heavy atom. The van der Waals surface area contributed by atoms with Gasteiger partial charge in [-0.3, -0.25) is 0 Å². The SMILES string of the molecule is COc1ccccc1N1CCC(CNC(=O)Nc2cccc(C)c2)C1. The average Bonchev–Trinajstić information content (AvgIpc) is 3.09. The van der Waals surface area contributed by atoms with Crippen molar-refractivity contribution in [2.45, 2.75) is 13.3 Å². The molecule has 132 valence electrons. The molecule has 0 spiro atoms. The summed E-state index contributed by atoms with van der Waals surface area (Å²) in [5.41, 5.74) is 3.07. The second-order valence-electron chi connectivity index (χ2n) is 6.48. The van der Waals surface area contributed by atoms with Gasteiger partial charge in [-0.05, 0) is 49.1 Å². The van der Waals surface area contributed by atoms with Gasteiger partial charge in [0.25, 0.3) is 0 Å². The summed E-state index contributed by atoms with van der Waals surface area (Å²) in [6, 6.07) is 15.7. The van der Waals surface area contributed by atoms with Gasteiger partial charge in [-0.15, -0.1) is 0 Å². The standard InChI is InChI=1S/C20H25N3O2/c1-15-6-5-7-17(12-15)22-20(24)21-13-16-10-11-23(14-16)18-8-3-4-9-19(18)25-2/h3-9,12,16H,10-11,13-14H2,1-2H3,(H2,21,22,24). The summed E-state index contributed by atoms with van der Waals surface area (Å²) in [7, 11) is 1.70. The summed E-state index contributed by atoms with van der Waals surface area (Å²) < 4.78 is 5.45. The van der Waals surface area contributed by atoms with Gasteiger partial charge in [0.15, 0.2) is 0 Å². The number of nitrogens with one attached hydrogen (secondary N) is 2. The first-order chi connectivity index (χ1) is 12.2. The highest BCUT2D eigenvalue weighted by Gasteiger charge is 2.24. The van der Waals surface area contributed by atoms with Crippen LogP contribution in [-0.4, -0.2) is 32.8 Å². The quantitative estimate of drug-likeness (QED) is 0.874. The van der Waals surface area contributed by atoms with E-state index in [0.717, 1.165) is 42.2 Å². The summed E-state index contributed by atoms with van der Waals surface area (Å²) >= 11 is 0. The van der Waals surface area contributed by atoms with Gasteiger partial charge in [-0.25, -0.2) is 4.79 Å². The third-order valence-corrected chi connectivity index (χ3v) is 4.54. The highest BCUT2D eigenvalue weighted by molar-refractivity contribution is 5.89. The number of methoxy groups -OCH3 is 1. The lowest BCUT2D eigenvalue weighted by molar-refractivity contribution is 0.250. The predicted octanol–water partition coefficient (Wildman–Crippen LogP) is 3.65. The molecule has 0 aliphatic carbocycles. The fourth-order valence-electron chi connectivity index (χ4n) is 3.24. The van der Waals surface area contributed by atoms with Crippen LogP contribution in [0.4, 0.5) is 16.2 Å². The Kier molecular flexibility index (Phi) is 5.43. The number of nitrogens with zero attached hydrogens (tertiary/aromatic N) is 1. The molecular formula is C20H25N3O2. The van der Waals surface area contributed by atoms with Crippen LogP contribution in [0.15, 0.2) is 48.5 Å². The number of hydrogen-bond acceptors (Lipinski definition) is 3. The van der Waals surface area contributed by atoms with E-state index in [0.29, 0.717) is 12.5 Å². The van der Waals surface area contributed by atoms with Crippen LogP contribution in [0.2, 0.25) is 0 Å². The van der Waals surface area contributed by atoms with Crippen LogP contribution in [0.5, 0.6) is 5.75 Å². The number of urea groups is 1. The third kappa shape index (κ3) is 4.44. The minimum absolute atomic E-state index is 0.152. The molecule has 5 nitrogen and oxygen atoms in total. The lowest BCUT2D eigenvalue weighted by atomic mass is 10.1. The van der Waals surface area contributed by atoms with Gasteiger partial charge in [0, 0.05) is 25.3 Å². The van der Waals surface area contributed by atoms with Gasteiger partial charge in [-0.2, -0.15) is 0 Å². The lowest BCUT2D eigenvalue weighted by Gasteiger charge is -2.21. The van der Waals surface area contributed by atoms with Crippen LogP contribution in [-0.2, 0) is 0 Å². The monoisotopic (exact) mass is 339 g/mol. The highest BCUT2D eigenvalue weighted by Crippen LogP contribution is 2.31. The first-order valence-electron chi connectivity index (χ1n) is 8.65. The zero-order chi connectivity index (χ0) is 17.6. The Morgan fingerprint density at radius 1 is 1.24 bits per heavy atom. The van der Waals surface area contributed by atoms with E-state index in [1.54, 1.807) is 7.11 Å². The number of rotatable bonds is 5. The Hall–Kier alpha value is -2.69. The molecule has 2 aromatic carbocycles. The normalized spacial score (nSPS) is 16.6. The van der Waals surface area contributed by atoms with Crippen LogP contribution < -0.4 is 20.3 Å². The number of aryl methyl sites for hydroxylation is 1. The molecule has 0 bridgehead atoms. The van der Waals surface area contributed by atoms with Crippen molar-refractivity contribution in [3.8, 4) is 5.75 Å². The molecule has 2 aromatic rings. The largest absolute Gasteiger partial charge is 0.495 e. The zero-order valence-corrected chi connectivity index (χ0v) is 14.8. The molecule has 1 heterocycles. The number of anilines is 2. The van der Waals surface area contributed by atoms with Crippen molar-refractivity contribution >= 4 is 17.4 Å². The smallest absolute Gasteiger partial charge is 0.319 e. The van der Waals surface area contributed by atoms with E-state index in [9.17, 15) is 4.79 Å².